The number of ether oxygens (including phenoxy) is 3. The van der Waals surface area contributed by atoms with Crippen molar-refractivity contribution in [3.05, 3.63) is 51.6 Å². The summed E-state index contributed by atoms with van der Waals surface area (Å²) >= 11 is 0. The van der Waals surface area contributed by atoms with E-state index < -0.39 is 90.1 Å². The lowest BCUT2D eigenvalue weighted by Crippen LogP contribution is -2.53. The van der Waals surface area contributed by atoms with Gasteiger partial charge in [-0.3, -0.25) is 14.4 Å². The number of fused-ring (bicyclic) bond motifs is 3. The van der Waals surface area contributed by atoms with Crippen molar-refractivity contribution >= 4 is 17.3 Å². The quantitative estimate of drug-likeness (QED) is 0.251. The Labute approximate surface area is 222 Å². The third-order valence-corrected chi connectivity index (χ3v) is 7.79. The van der Waals surface area contributed by atoms with E-state index >= 15 is 0 Å². The number of hydrogen-bond donors (Lipinski definition) is 6. The number of aromatic hydroxyl groups is 2. The van der Waals surface area contributed by atoms with Gasteiger partial charge in [0.1, 0.15) is 29.5 Å². The summed E-state index contributed by atoms with van der Waals surface area (Å²) in [5, 5.41) is 52.8. The normalized spacial score (nSPS) is 29.8. The first-order chi connectivity index (χ1) is 18.4. The number of aliphatic hydroxyl groups excluding tert-OH is 2. The molecule has 1 saturated heterocycles. The van der Waals surface area contributed by atoms with Gasteiger partial charge in [-0.25, -0.2) is 0 Å². The van der Waals surface area contributed by atoms with Gasteiger partial charge in [-0.15, -0.1) is 0 Å². The van der Waals surface area contributed by atoms with Crippen LogP contribution in [0.3, 0.4) is 0 Å². The molecule has 12 heteroatoms. The molecule has 6 atom stereocenters. The molecule has 0 saturated carbocycles. The summed E-state index contributed by atoms with van der Waals surface area (Å²) in [5.41, 5.74) is 2.75. The minimum absolute atomic E-state index is 0.0433. The number of rotatable bonds is 5. The van der Waals surface area contributed by atoms with Gasteiger partial charge < -0.3 is 45.5 Å². The van der Waals surface area contributed by atoms with Crippen LogP contribution in [-0.2, 0) is 20.7 Å². The molecule has 2 aromatic carbocycles. The lowest BCUT2D eigenvalue weighted by Gasteiger charge is -2.42. The van der Waals surface area contributed by atoms with Gasteiger partial charge in [0.2, 0.25) is 5.78 Å². The zero-order valence-corrected chi connectivity index (χ0v) is 21.2. The fourth-order valence-corrected chi connectivity index (χ4v) is 5.78. The van der Waals surface area contributed by atoms with Crippen molar-refractivity contribution in [2.75, 3.05) is 13.7 Å². The number of Topliss-reactive ketones (excluding diaryl/α,β-unsaturated/α-hetero) is 1. The van der Waals surface area contributed by atoms with Crippen molar-refractivity contribution in [3.63, 3.8) is 0 Å². The Morgan fingerprint density at radius 2 is 1.90 bits per heavy atom. The summed E-state index contributed by atoms with van der Waals surface area (Å²) in [6, 6.07) is 3.26. The van der Waals surface area contributed by atoms with Crippen molar-refractivity contribution in [1.82, 2.24) is 0 Å². The number of hydrogen-bond acceptors (Lipinski definition) is 12. The van der Waals surface area contributed by atoms with Gasteiger partial charge >= 0.3 is 0 Å². The smallest absolute Gasteiger partial charge is 0.202 e. The Kier molecular flexibility index (Phi) is 6.74. The van der Waals surface area contributed by atoms with E-state index in [2.05, 4.69) is 0 Å². The maximum atomic E-state index is 13.6. The molecule has 2 unspecified atom stereocenters. The first kappa shape index (κ1) is 27.2. The van der Waals surface area contributed by atoms with Gasteiger partial charge in [-0.1, -0.05) is 12.1 Å². The summed E-state index contributed by atoms with van der Waals surface area (Å²) in [5.74, 6) is -3.70. The Morgan fingerprint density at radius 3 is 2.54 bits per heavy atom. The minimum Gasteiger partial charge on any atom is -0.507 e. The third-order valence-electron chi connectivity index (χ3n) is 7.79. The summed E-state index contributed by atoms with van der Waals surface area (Å²) in [6.07, 6.45) is -4.81. The van der Waals surface area contributed by atoms with Crippen molar-refractivity contribution < 1.29 is 54.1 Å². The summed E-state index contributed by atoms with van der Waals surface area (Å²) in [7, 11) is 1.24. The number of methoxy groups -OCH3 is 1. The van der Waals surface area contributed by atoms with Crippen LogP contribution < -0.4 is 10.5 Å². The molecule has 2 aromatic rings. The molecule has 5 rings (SSSR count). The SMILES string of the molecule is COc1c2c(c(O)c3c1C(O[C@H]1C[C@H](N)[C@H](O)[C@H](C)O1)CC(O)(C(=O)CO)C3)C(=O)c1cccc(O)c1C2=O. The lowest BCUT2D eigenvalue weighted by atomic mass is 9.72. The molecule has 1 heterocycles. The number of carbonyl (C=O) groups excluding carboxylic acids is 3. The predicted molar refractivity (Wildman–Crippen MR) is 132 cm³/mol. The minimum atomic E-state index is -2.21. The molecule has 2 aliphatic carbocycles. The average molecular weight is 544 g/mol. The summed E-state index contributed by atoms with van der Waals surface area (Å²) < 4.78 is 17.5. The van der Waals surface area contributed by atoms with E-state index in [1.807, 2.05) is 0 Å². The zero-order chi connectivity index (χ0) is 28.4. The molecule has 1 aliphatic heterocycles. The highest BCUT2D eigenvalue weighted by atomic mass is 16.7. The number of phenolic OH excluding ortho intramolecular Hbond substituents is 2. The van der Waals surface area contributed by atoms with Crippen LogP contribution in [0.2, 0.25) is 0 Å². The largest absolute Gasteiger partial charge is 0.507 e. The van der Waals surface area contributed by atoms with E-state index in [1.165, 1.54) is 25.3 Å². The maximum absolute atomic E-state index is 13.6. The summed E-state index contributed by atoms with van der Waals surface area (Å²) in [4.78, 5) is 39.8. The second-order valence-corrected chi connectivity index (χ2v) is 10.2. The number of benzene rings is 2. The number of carbonyl (C=O) groups is 3. The van der Waals surface area contributed by atoms with Crippen LogP contribution in [0, 0.1) is 0 Å². The molecule has 208 valence electrons. The topological polar surface area (TPSA) is 206 Å². The van der Waals surface area contributed by atoms with Crippen LogP contribution in [0.5, 0.6) is 17.2 Å². The second-order valence-electron chi connectivity index (χ2n) is 10.2. The molecule has 0 amide bonds. The molecular formula is C27H29NO11. The van der Waals surface area contributed by atoms with Gasteiger partial charge in [0.05, 0.1) is 42.1 Å². The Hall–Kier alpha value is -3.39. The first-order valence-electron chi connectivity index (χ1n) is 12.4. The lowest BCUT2D eigenvalue weighted by molar-refractivity contribution is -0.247. The highest BCUT2D eigenvalue weighted by Crippen LogP contribution is 2.52. The van der Waals surface area contributed by atoms with E-state index in [0.29, 0.717) is 0 Å². The molecule has 0 aromatic heterocycles. The molecule has 0 radical (unpaired) electrons. The molecule has 7 N–H and O–H groups in total. The molecule has 12 nitrogen and oxygen atoms in total. The average Bonchev–Trinajstić information content (AvgIpc) is 2.89. The molecule has 3 aliphatic rings. The van der Waals surface area contributed by atoms with Crippen LogP contribution in [-0.4, -0.2) is 86.7 Å². The fourth-order valence-electron chi connectivity index (χ4n) is 5.78. The van der Waals surface area contributed by atoms with Crippen LogP contribution in [0.15, 0.2) is 18.2 Å². The van der Waals surface area contributed by atoms with E-state index in [4.69, 9.17) is 19.9 Å². The second kappa shape index (κ2) is 9.66. The standard InChI is InChI=1S/C27H29NO11/c1-10-22(32)13(28)6-17(38-10)39-15-8-27(36,16(31)9-29)7-12-19(15)26(37-2)21-20(24(12)34)23(33)11-4-3-5-14(30)18(11)25(21)35/h3-5,10,13,15,17,22,29-30,32,34,36H,6-9,28H2,1-2H3/t10-,13-,15?,17-,22+,27?/m0/s1. The highest BCUT2D eigenvalue weighted by Gasteiger charge is 2.50. The van der Waals surface area contributed by atoms with Crippen molar-refractivity contribution in [1.29, 1.82) is 0 Å². The van der Waals surface area contributed by atoms with E-state index in [0.717, 1.165) is 0 Å². The zero-order valence-electron chi connectivity index (χ0n) is 21.2. The van der Waals surface area contributed by atoms with Gasteiger partial charge in [-0.05, 0) is 13.0 Å². The number of ketones is 3. The predicted octanol–water partition coefficient (Wildman–Crippen LogP) is 0.00130. The van der Waals surface area contributed by atoms with Crippen molar-refractivity contribution in [3.8, 4) is 17.2 Å². The molecule has 1 fully saturated rings. The fraction of sp³-hybridized carbons (Fsp3) is 0.444. The summed E-state index contributed by atoms with van der Waals surface area (Å²) in [6.45, 7) is 0.594. The van der Waals surface area contributed by atoms with Crippen LogP contribution >= 0.6 is 0 Å². The van der Waals surface area contributed by atoms with Crippen molar-refractivity contribution in [2.45, 2.75) is 62.4 Å². The highest BCUT2D eigenvalue weighted by molar-refractivity contribution is 6.31. The molecular weight excluding hydrogens is 514 g/mol. The molecule has 39 heavy (non-hydrogen) atoms. The Balaban J connectivity index is 1.71. The monoisotopic (exact) mass is 543 g/mol. The third kappa shape index (κ3) is 4.11. The molecule has 0 bridgehead atoms. The van der Waals surface area contributed by atoms with Crippen molar-refractivity contribution in [2.24, 2.45) is 5.73 Å². The maximum Gasteiger partial charge on any atom is 0.202 e. The molecule has 0 spiro atoms. The number of aliphatic hydroxyl groups is 3. The van der Waals surface area contributed by atoms with Crippen LogP contribution in [0.4, 0.5) is 0 Å². The number of phenols is 2. The first-order valence-corrected chi connectivity index (χ1v) is 12.4. The number of nitrogens with two attached hydrogens (primary N) is 1. The van der Waals surface area contributed by atoms with Gasteiger partial charge in [0, 0.05) is 42.0 Å². The van der Waals surface area contributed by atoms with Crippen LogP contribution in [0.25, 0.3) is 0 Å². The van der Waals surface area contributed by atoms with E-state index in [1.54, 1.807) is 6.92 Å². The Morgan fingerprint density at radius 1 is 1.18 bits per heavy atom. The van der Waals surface area contributed by atoms with Gasteiger partial charge in [-0.2, -0.15) is 0 Å². The van der Waals surface area contributed by atoms with E-state index in [-0.39, 0.29) is 40.0 Å². The Bertz CT molecular complexity index is 1380. The van der Waals surface area contributed by atoms with Crippen LogP contribution in [0.1, 0.15) is 68.8 Å². The van der Waals surface area contributed by atoms with Gasteiger partial charge in [0.25, 0.3) is 0 Å². The van der Waals surface area contributed by atoms with E-state index in [9.17, 15) is 39.9 Å². The van der Waals surface area contributed by atoms with Gasteiger partial charge in [0.15, 0.2) is 17.9 Å².